The highest BCUT2D eigenvalue weighted by Gasteiger charge is 2.26. The highest BCUT2D eigenvalue weighted by Crippen LogP contribution is 2.18. The minimum absolute atomic E-state index is 0. The van der Waals surface area contributed by atoms with Crippen LogP contribution in [0.2, 0.25) is 0 Å². The molecule has 0 aliphatic carbocycles. The quantitative estimate of drug-likeness (QED) is 0.908. The van der Waals surface area contributed by atoms with Gasteiger partial charge in [-0.3, -0.25) is 9.69 Å². The Morgan fingerprint density at radius 1 is 1.27 bits per heavy atom. The van der Waals surface area contributed by atoms with Crippen molar-refractivity contribution in [1.29, 1.82) is 0 Å². The maximum absolute atomic E-state index is 11.9. The second-order valence-corrected chi connectivity index (χ2v) is 5.73. The predicted octanol–water partition coefficient (Wildman–Crippen LogP) is 2.30. The number of piperidine rings is 1. The fraction of sp³-hybridized carbons (Fsp3) is 0.562. The van der Waals surface area contributed by atoms with E-state index in [4.69, 9.17) is 5.73 Å². The second-order valence-electron chi connectivity index (χ2n) is 5.73. The van der Waals surface area contributed by atoms with Gasteiger partial charge in [-0.1, -0.05) is 30.3 Å². The Bertz CT molecular complexity index is 434. The van der Waals surface area contributed by atoms with E-state index in [0.717, 1.165) is 32.5 Å². The van der Waals surface area contributed by atoms with Crippen LogP contribution < -0.4 is 5.73 Å². The van der Waals surface area contributed by atoms with E-state index in [1.54, 1.807) is 6.92 Å². The molecule has 22 heavy (non-hydrogen) atoms. The number of likely N-dealkylation sites (tertiary alicyclic amines) is 1. The molecule has 1 atom stereocenters. The van der Waals surface area contributed by atoms with Crippen LogP contribution in [0.5, 0.6) is 0 Å². The van der Waals surface area contributed by atoms with Crippen molar-refractivity contribution in [2.45, 2.75) is 38.4 Å². The SMILES string of the molecule is C[C@H](N)C(=O)N(C)C1CCN(Cc2ccccc2)CC1.Cl.Cl. The van der Waals surface area contributed by atoms with E-state index in [2.05, 4.69) is 29.2 Å². The number of carbonyl (C=O) groups excluding carboxylic acids is 1. The smallest absolute Gasteiger partial charge is 0.239 e. The summed E-state index contributed by atoms with van der Waals surface area (Å²) in [6.07, 6.45) is 2.06. The van der Waals surface area contributed by atoms with Crippen molar-refractivity contribution in [3.63, 3.8) is 0 Å². The summed E-state index contributed by atoms with van der Waals surface area (Å²) in [5.74, 6) is 0.0477. The van der Waals surface area contributed by atoms with Gasteiger partial charge in [-0.15, -0.1) is 24.8 Å². The van der Waals surface area contributed by atoms with E-state index in [0.29, 0.717) is 6.04 Å². The van der Waals surface area contributed by atoms with Gasteiger partial charge in [0.15, 0.2) is 0 Å². The third-order valence-corrected chi connectivity index (χ3v) is 4.09. The van der Waals surface area contributed by atoms with Crippen molar-refractivity contribution in [2.75, 3.05) is 20.1 Å². The van der Waals surface area contributed by atoms with Gasteiger partial charge in [-0.2, -0.15) is 0 Å². The second kappa shape index (κ2) is 10.1. The van der Waals surface area contributed by atoms with Gasteiger partial charge in [0.1, 0.15) is 0 Å². The van der Waals surface area contributed by atoms with Gasteiger partial charge < -0.3 is 10.6 Å². The van der Waals surface area contributed by atoms with E-state index in [1.165, 1.54) is 5.56 Å². The summed E-state index contributed by atoms with van der Waals surface area (Å²) in [5.41, 5.74) is 7.02. The molecule has 2 N–H and O–H groups in total. The highest BCUT2D eigenvalue weighted by atomic mass is 35.5. The normalized spacial score (nSPS) is 17.0. The number of hydrogen-bond acceptors (Lipinski definition) is 3. The molecule has 0 unspecified atom stereocenters. The Morgan fingerprint density at radius 2 is 1.82 bits per heavy atom. The summed E-state index contributed by atoms with van der Waals surface area (Å²) >= 11 is 0. The summed E-state index contributed by atoms with van der Waals surface area (Å²) in [7, 11) is 1.88. The standard InChI is InChI=1S/C16H25N3O.2ClH/c1-13(17)16(20)18(2)15-8-10-19(11-9-15)12-14-6-4-3-5-7-14;;/h3-7,13,15H,8-12,17H2,1-2H3;2*1H/t13-;;/m0../s1. The molecule has 126 valence electrons. The lowest BCUT2D eigenvalue weighted by molar-refractivity contribution is -0.133. The van der Waals surface area contributed by atoms with Crippen LogP contribution in [0.3, 0.4) is 0 Å². The molecule has 1 aromatic rings. The maximum Gasteiger partial charge on any atom is 0.239 e. The largest absolute Gasteiger partial charge is 0.341 e. The molecule has 1 aromatic carbocycles. The average Bonchev–Trinajstić information content (AvgIpc) is 2.47. The molecular formula is C16H27Cl2N3O. The van der Waals surface area contributed by atoms with Crippen molar-refractivity contribution >= 4 is 30.7 Å². The average molecular weight is 348 g/mol. The van der Waals surface area contributed by atoms with E-state index < -0.39 is 6.04 Å². The highest BCUT2D eigenvalue weighted by molar-refractivity contribution is 5.85. The van der Waals surface area contributed by atoms with Gasteiger partial charge in [0, 0.05) is 32.7 Å². The molecule has 1 aliphatic heterocycles. The summed E-state index contributed by atoms with van der Waals surface area (Å²) in [4.78, 5) is 16.2. The van der Waals surface area contributed by atoms with Crippen molar-refractivity contribution in [3.8, 4) is 0 Å². The monoisotopic (exact) mass is 347 g/mol. The zero-order chi connectivity index (χ0) is 14.5. The van der Waals surface area contributed by atoms with Gasteiger partial charge in [-0.05, 0) is 25.3 Å². The van der Waals surface area contributed by atoms with Crippen LogP contribution in [-0.4, -0.2) is 47.9 Å². The molecule has 0 radical (unpaired) electrons. The van der Waals surface area contributed by atoms with Crippen molar-refractivity contribution in [2.24, 2.45) is 5.73 Å². The van der Waals surface area contributed by atoms with Crippen LogP contribution in [0.25, 0.3) is 0 Å². The van der Waals surface area contributed by atoms with Crippen molar-refractivity contribution < 1.29 is 4.79 Å². The zero-order valence-electron chi connectivity index (χ0n) is 13.3. The van der Waals surface area contributed by atoms with Gasteiger partial charge in [0.2, 0.25) is 5.91 Å². The molecule has 1 fully saturated rings. The third-order valence-electron chi connectivity index (χ3n) is 4.09. The Kier molecular flexibility index (Phi) is 9.69. The summed E-state index contributed by atoms with van der Waals surface area (Å²) in [6, 6.07) is 10.5. The topological polar surface area (TPSA) is 49.6 Å². The number of benzene rings is 1. The molecule has 6 heteroatoms. The van der Waals surface area contributed by atoms with Crippen molar-refractivity contribution in [1.82, 2.24) is 9.80 Å². The van der Waals surface area contributed by atoms with Gasteiger partial charge in [-0.25, -0.2) is 0 Å². The molecule has 0 saturated carbocycles. The molecule has 0 bridgehead atoms. The van der Waals surface area contributed by atoms with Crippen LogP contribution in [-0.2, 0) is 11.3 Å². The number of amides is 1. The Morgan fingerprint density at radius 3 is 2.32 bits per heavy atom. The summed E-state index contributed by atoms with van der Waals surface area (Å²) in [5, 5.41) is 0. The Balaban J connectivity index is 0.00000220. The molecule has 1 aliphatic rings. The molecule has 1 heterocycles. The first-order valence-corrected chi connectivity index (χ1v) is 7.36. The fourth-order valence-corrected chi connectivity index (χ4v) is 2.81. The lowest BCUT2D eigenvalue weighted by Gasteiger charge is -2.37. The Hall–Kier alpha value is -0.810. The molecule has 2 rings (SSSR count). The number of likely N-dealkylation sites (N-methyl/N-ethyl adjacent to an activating group) is 1. The number of nitrogens with zero attached hydrogens (tertiary/aromatic N) is 2. The molecule has 1 amide bonds. The summed E-state index contributed by atoms with van der Waals surface area (Å²) < 4.78 is 0. The molecule has 0 aromatic heterocycles. The van der Waals surface area contributed by atoms with Crippen LogP contribution >= 0.6 is 24.8 Å². The lowest BCUT2D eigenvalue weighted by Crippen LogP contribution is -2.49. The third kappa shape index (κ3) is 5.76. The van der Waals surface area contributed by atoms with Gasteiger partial charge in [0.25, 0.3) is 0 Å². The minimum atomic E-state index is -0.401. The number of rotatable bonds is 4. The minimum Gasteiger partial charge on any atom is -0.341 e. The van der Waals surface area contributed by atoms with E-state index >= 15 is 0 Å². The summed E-state index contributed by atoms with van der Waals surface area (Å²) in [6.45, 7) is 4.83. The first-order chi connectivity index (χ1) is 9.58. The van der Waals surface area contributed by atoms with E-state index in [9.17, 15) is 4.79 Å². The first-order valence-electron chi connectivity index (χ1n) is 7.36. The van der Waals surface area contributed by atoms with Crippen LogP contribution in [0.1, 0.15) is 25.3 Å². The van der Waals surface area contributed by atoms with Crippen LogP contribution in [0.15, 0.2) is 30.3 Å². The first kappa shape index (κ1) is 21.2. The van der Waals surface area contributed by atoms with Crippen molar-refractivity contribution in [3.05, 3.63) is 35.9 Å². The number of hydrogen-bond donors (Lipinski definition) is 1. The molecule has 4 nitrogen and oxygen atoms in total. The van der Waals surface area contributed by atoms with Gasteiger partial charge in [0.05, 0.1) is 6.04 Å². The fourth-order valence-electron chi connectivity index (χ4n) is 2.81. The van der Waals surface area contributed by atoms with E-state index in [-0.39, 0.29) is 30.7 Å². The number of halogens is 2. The van der Waals surface area contributed by atoms with Crippen LogP contribution in [0.4, 0.5) is 0 Å². The zero-order valence-corrected chi connectivity index (χ0v) is 14.9. The molecule has 1 saturated heterocycles. The number of nitrogens with two attached hydrogens (primary N) is 1. The maximum atomic E-state index is 11.9. The van der Waals surface area contributed by atoms with Crippen LogP contribution in [0, 0.1) is 0 Å². The number of carbonyl (C=O) groups is 1. The van der Waals surface area contributed by atoms with E-state index in [1.807, 2.05) is 18.0 Å². The Labute approximate surface area is 145 Å². The predicted molar refractivity (Wildman–Crippen MR) is 95.7 cm³/mol. The lowest BCUT2D eigenvalue weighted by atomic mass is 10.0. The van der Waals surface area contributed by atoms with Gasteiger partial charge >= 0.3 is 0 Å². The molecule has 0 spiro atoms. The molecular weight excluding hydrogens is 321 g/mol.